The Balaban J connectivity index is 1.62. The number of carbonyl (C=O) groups excluding carboxylic acids is 2. The number of nitro groups is 1. The lowest BCUT2D eigenvalue weighted by atomic mass is 10.1. The van der Waals surface area contributed by atoms with Crippen molar-refractivity contribution in [2.24, 2.45) is 0 Å². The number of nitrogens with zero attached hydrogens (tertiary/aromatic N) is 3. The summed E-state index contributed by atoms with van der Waals surface area (Å²) in [6.45, 7) is 0.00693. The molecule has 0 atom stereocenters. The van der Waals surface area contributed by atoms with Gasteiger partial charge in [-0.2, -0.15) is 0 Å². The number of hydrogen-bond donors (Lipinski definition) is 0. The van der Waals surface area contributed by atoms with Crippen molar-refractivity contribution < 1.29 is 18.9 Å². The third-order valence-corrected chi connectivity index (χ3v) is 4.29. The highest BCUT2D eigenvalue weighted by atomic mass is 16.6. The van der Waals surface area contributed by atoms with E-state index < -0.39 is 22.5 Å². The molecule has 1 aliphatic heterocycles. The van der Waals surface area contributed by atoms with Gasteiger partial charge in [-0.1, -0.05) is 12.1 Å². The Hall–Kier alpha value is -3.75. The first kappa shape index (κ1) is 15.8. The molecule has 9 heteroatoms. The van der Waals surface area contributed by atoms with Gasteiger partial charge in [-0.05, 0) is 18.2 Å². The van der Waals surface area contributed by atoms with Gasteiger partial charge >= 0.3 is 5.76 Å². The van der Waals surface area contributed by atoms with Crippen molar-refractivity contribution >= 4 is 28.6 Å². The molecule has 3 aromatic rings. The van der Waals surface area contributed by atoms with E-state index in [0.717, 1.165) is 11.0 Å². The number of fused-ring (bicyclic) bond motifs is 2. The maximum atomic E-state index is 12.5. The van der Waals surface area contributed by atoms with Crippen molar-refractivity contribution in [3.05, 3.63) is 74.3 Å². The van der Waals surface area contributed by atoms with Crippen LogP contribution in [0.3, 0.4) is 0 Å². The van der Waals surface area contributed by atoms with Crippen LogP contribution in [0.2, 0.25) is 0 Å². The van der Waals surface area contributed by atoms with Crippen molar-refractivity contribution in [1.82, 2.24) is 9.47 Å². The number of oxazole rings is 1. The Morgan fingerprint density at radius 3 is 2.46 bits per heavy atom. The van der Waals surface area contributed by atoms with Gasteiger partial charge in [0, 0.05) is 25.2 Å². The summed E-state index contributed by atoms with van der Waals surface area (Å²) >= 11 is 0. The van der Waals surface area contributed by atoms with Crippen molar-refractivity contribution in [3.8, 4) is 0 Å². The van der Waals surface area contributed by atoms with Crippen molar-refractivity contribution in [2.45, 2.75) is 6.54 Å². The van der Waals surface area contributed by atoms with E-state index in [1.165, 1.54) is 16.7 Å². The molecule has 0 spiro atoms. The predicted octanol–water partition coefficient (Wildman–Crippen LogP) is 1.80. The van der Waals surface area contributed by atoms with E-state index in [-0.39, 0.29) is 29.9 Å². The summed E-state index contributed by atoms with van der Waals surface area (Å²) < 4.78 is 6.45. The second-order valence-electron chi connectivity index (χ2n) is 5.74. The molecule has 1 aliphatic rings. The highest BCUT2D eigenvalue weighted by molar-refractivity contribution is 6.21. The number of non-ortho nitro benzene ring substituents is 1. The molecule has 0 N–H and O–H groups in total. The van der Waals surface area contributed by atoms with Crippen LogP contribution < -0.4 is 5.76 Å². The lowest BCUT2D eigenvalue weighted by Crippen LogP contribution is -2.34. The smallest absolute Gasteiger partial charge is 0.408 e. The van der Waals surface area contributed by atoms with Gasteiger partial charge in [0.1, 0.15) is 0 Å². The number of amides is 2. The average Bonchev–Trinajstić information content (AvgIpc) is 3.07. The molecule has 0 saturated carbocycles. The molecular formula is C17H11N3O6. The van der Waals surface area contributed by atoms with Gasteiger partial charge in [-0.25, -0.2) is 4.79 Å². The minimum atomic E-state index is -0.627. The Morgan fingerprint density at radius 1 is 0.962 bits per heavy atom. The molecule has 26 heavy (non-hydrogen) atoms. The standard InChI is InChI=1S/C17H11N3O6/c21-15-11-6-5-10(20(24)25)9-12(11)16(22)19(15)8-7-18-13-3-1-2-4-14(13)26-17(18)23/h1-6,9H,7-8H2. The molecular weight excluding hydrogens is 342 g/mol. The molecule has 2 heterocycles. The van der Waals surface area contributed by atoms with Gasteiger partial charge in [-0.3, -0.25) is 29.2 Å². The van der Waals surface area contributed by atoms with Crippen LogP contribution in [0.4, 0.5) is 5.69 Å². The zero-order chi connectivity index (χ0) is 18.4. The molecule has 4 rings (SSSR count). The van der Waals surface area contributed by atoms with Crippen molar-refractivity contribution in [2.75, 3.05) is 6.54 Å². The van der Waals surface area contributed by atoms with E-state index in [2.05, 4.69) is 0 Å². The average molecular weight is 353 g/mol. The summed E-state index contributed by atoms with van der Waals surface area (Å²) in [6, 6.07) is 10.4. The summed E-state index contributed by atoms with van der Waals surface area (Å²) in [7, 11) is 0. The summed E-state index contributed by atoms with van der Waals surface area (Å²) in [5, 5.41) is 10.9. The van der Waals surface area contributed by atoms with Gasteiger partial charge in [0.2, 0.25) is 0 Å². The number of para-hydroxylation sites is 2. The fourth-order valence-corrected chi connectivity index (χ4v) is 3.02. The molecule has 130 valence electrons. The maximum absolute atomic E-state index is 12.5. The van der Waals surface area contributed by atoms with Crippen LogP contribution in [0.15, 0.2) is 51.7 Å². The van der Waals surface area contributed by atoms with Gasteiger partial charge in [0.05, 0.1) is 21.6 Å². The van der Waals surface area contributed by atoms with E-state index in [1.807, 2.05) is 0 Å². The first-order valence-electron chi connectivity index (χ1n) is 7.70. The van der Waals surface area contributed by atoms with E-state index in [1.54, 1.807) is 24.3 Å². The molecule has 1 aromatic heterocycles. The van der Waals surface area contributed by atoms with Crippen LogP contribution in [0, 0.1) is 10.1 Å². The molecule has 9 nitrogen and oxygen atoms in total. The highest BCUT2D eigenvalue weighted by Crippen LogP contribution is 2.26. The molecule has 0 aliphatic carbocycles. The highest BCUT2D eigenvalue weighted by Gasteiger charge is 2.36. The maximum Gasteiger partial charge on any atom is 0.420 e. The molecule has 0 radical (unpaired) electrons. The SMILES string of the molecule is O=C1c2ccc([N+](=O)[O-])cc2C(=O)N1CCn1c(=O)oc2ccccc21. The van der Waals surface area contributed by atoms with Gasteiger partial charge in [-0.15, -0.1) is 0 Å². The quantitative estimate of drug-likeness (QED) is 0.401. The number of carbonyl (C=O) groups is 2. The molecule has 2 amide bonds. The minimum Gasteiger partial charge on any atom is -0.408 e. The second kappa shape index (κ2) is 5.66. The summed E-state index contributed by atoms with van der Waals surface area (Å²) in [4.78, 5) is 48.1. The number of aromatic nitrogens is 1. The zero-order valence-electron chi connectivity index (χ0n) is 13.2. The van der Waals surface area contributed by atoms with Crippen LogP contribution in [0.1, 0.15) is 20.7 Å². The number of rotatable bonds is 4. The van der Waals surface area contributed by atoms with Gasteiger partial charge < -0.3 is 4.42 Å². The van der Waals surface area contributed by atoms with Crippen LogP contribution in [-0.4, -0.2) is 32.7 Å². The Kier molecular flexibility index (Phi) is 3.43. The predicted molar refractivity (Wildman–Crippen MR) is 88.9 cm³/mol. The second-order valence-corrected chi connectivity index (χ2v) is 5.74. The van der Waals surface area contributed by atoms with Gasteiger partial charge in [0.25, 0.3) is 17.5 Å². The summed E-state index contributed by atoms with van der Waals surface area (Å²) in [6.07, 6.45) is 0. The fraction of sp³-hybridized carbons (Fsp3) is 0.118. The molecule has 0 unspecified atom stereocenters. The van der Waals surface area contributed by atoms with E-state index >= 15 is 0 Å². The fourth-order valence-electron chi connectivity index (χ4n) is 3.02. The van der Waals surface area contributed by atoms with Crippen molar-refractivity contribution in [3.63, 3.8) is 0 Å². The topological polar surface area (TPSA) is 116 Å². The number of benzene rings is 2. The normalized spacial score (nSPS) is 13.5. The summed E-state index contributed by atoms with van der Waals surface area (Å²) in [5.41, 5.74) is 0.822. The monoisotopic (exact) mass is 353 g/mol. The third-order valence-electron chi connectivity index (χ3n) is 4.29. The number of nitro benzene ring substituents is 1. The van der Waals surface area contributed by atoms with E-state index in [9.17, 15) is 24.5 Å². The summed E-state index contributed by atoms with van der Waals surface area (Å²) in [5.74, 6) is -1.74. The lowest BCUT2D eigenvalue weighted by molar-refractivity contribution is -0.384. The first-order chi connectivity index (χ1) is 12.5. The van der Waals surface area contributed by atoms with E-state index in [4.69, 9.17) is 4.42 Å². The van der Waals surface area contributed by atoms with Gasteiger partial charge in [0.15, 0.2) is 5.58 Å². The molecule has 2 aromatic carbocycles. The van der Waals surface area contributed by atoms with Crippen LogP contribution >= 0.6 is 0 Å². The number of imide groups is 1. The van der Waals surface area contributed by atoms with Crippen LogP contribution in [0.25, 0.3) is 11.1 Å². The Bertz CT molecular complexity index is 1140. The number of hydrogen-bond acceptors (Lipinski definition) is 6. The minimum absolute atomic E-state index is 0.00593. The molecule has 0 bridgehead atoms. The Labute approximate surface area is 145 Å². The third kappa shape index (κ3) is 2.29. The zero-order valence-corrected chi connectivity index (χ0v) is 13.2. The van der Waals surface area contributed by atoms with Crippen LogP contribution in [-0.2, 0) is 6.54 Å². The van der Waals surface area contributed by atoms with Crippen LogP contribution in [0.5, 0.6) is 0 Å². The molecule has 0 fully saturated rings. The first-order valence-corrected chi connectivity index (χ1v) is 7.70. The van der Waals surface area contributed by atoms with Crippen molar-refractivity contribution in [1.29, 1.82) is 0 Å². The Morgan fingerprint density at radius 2 is 1.69 bits per heavy atom. The lowest BCUT2D eigenvalue weighted by Gasteiger charge is -2.13. The van der Waals surface area contributed by atoms with E-state index in [0.29, 0.717) is 11.1 Å². The largest absolute Gasteiger partial charge is 0.420 e. The molecule has 0 saturated heterocycles.